The van der Waals surface area contributed by atoms with Crippen LogP contribution in [0.25, 0.3) is 0 Å². The Morgan fingerprint density at radius 2 is 2.07 bits per heavy atom. The Morgan fingerprint density at radius 3 is 2.85 bits per heavy atom. The van der Waals surface area contributed by atoms with E-state index in [0.717, 1.165) is 17.7 Å². The Bertz CT molecular complexity index is 878. The number of aromatic nitrogens is 2. The van der Waals surface area contributed by atoms with Crippen molar-refractivity contribution in [2.75, 3.05) is 13.6 Å². The molecule has 7 heteroatoms. The third kappa shape index (κ3) is 3.29. The second-order valence-corrected chi connectivity index (χ2v) is 7.46. The summed E-state index contributed by atoms with van der Waals surface area (Å²) in [6, 6.07) is 9.35. The van der Waals surface area contributed by atoms with E-state index in [-0.39, 0.29) is 17.9 Å². The van der Waals surface area contributed by atoms with Gasteiger partial charge in [-0.05, 0) is 18.6 Å². The molecule has 4 rings (SSSR count). The molecule has 1 spiro atoms. The van der Waals surface area contributed by atoms with Crippen molar-refractivity contribution in [1.82, 2.24) is 20.0 Å². The quantitative estimate of drug-likeness (QED) is 0.880. The van der Waals surface area contributed by atoms with Gasteiger partial charge in [0.05, 0.1) is 6.04 Å². The lowest BCUT2D eigenvalue weighted by atomic mass is 9.82. The minimum atomic E-state index is -0.445. The van der Waals surface area contributed by atoms with Crippen LogP contribution in [-0.4, -0.2) is 45.7 Å². The van der Waals surface area contributed by atoms with E-state index in [4.69, 9.17) is 4.74 Å². The number of rotatable bonds is 2. The molecule has 2 aromatic rings. The zero-order chi connectivity index (χ0) is 19.0. The number of carbonyl (C=O) groups excluding carboxylic acids is 2. The number of hydrogen-bond acceptors (Lipinski definition) is 4. The molecule has 0 radical (unpaired) electrons. The smallest absolute Gasteiger partial charge is 0.270 e. The van der Waals surface area contributed by atoms with Crippen molar-refractivity contribution in [1.29, 1.82) is 0 Å². The van der Waals surface area contributed by atoms with Crippen molar-refractivity contribution in [3.8, 4) is 5.75 Å². The standard InChI is InChI=1S/C20H24N4O3/c1-23-12-10-20(9-7-18(23)25)13-15(14-5-3-4-6-17(14)27-20)22-19(26)16-8-11-21-24(16)2/h3-6,8,11,15H,7,9-10,12-13H2,1-2H3,(H,22,26). The third-order valence-electron chi connectivity index (χ3n) is 5.68. The lowest BCUT2D eigenvalue weighted by Crippen LogP contribution is -2.46. The van der Waals surface area contributed by atoms with Gasteiger partial charge in [0.15, 0.2) is 0 Å². The summed E-state index contributed by atoms with van der Waals surface area (Å²) >= 11 is 0. The number of amides is 2. The van der Waals surface area contributed by atoms with Crippen LogP contribution in [0.3, 0.4) is 0 Å². The summed E-state index contributed by atoms with van der Waals surface area (Å²) in [4.78, 5) is 26.7. The van der Waals surface area contributed by atoms with E-state index < -0.39 is 5.60 Å². The molecule has 27 heavy (non-hydrogen) atoms. The highest BCUT2D eigenvalue weighted by Crippen LogP contribution is 2.44. The number of benzene rings is 1. The van der Waals surface area contributed by atoms with E-state index in [0.29, 0.717) is 31.5 Å². The van der Waals surface area contributed by atoms with Crippen LogP contribution >= 0.6 is 0 Å². The van der Waals surface area contributed by atoms with Gasteiger partial charge in [-0.2, -0.15) is 5.10 Å². The summed E-state index contributed by atoms with van der Waals surface area (Å²) in [7, 11) is 3.58. The van der Waals surface area contributed by atoms with Gasteiger partial charge in [-0.25, -0.2) is 0 Å². The highest BCUT2D eigenvalue weighted by atomic mass is 16.5. The van der Waals surface area contributed by atoms with Crippen LogP contribution in [0.4, 0.5) is 0 Å². The number of likely N-dealkylation sites (tertiary alicyclic amines) is 1. The number of carbonyl (C=O) groups is 2. The second kappa shape index (κ2) is 6.72. The van der Waals surface area contributed by atoms with E-state index in [9.17, 15) is 9.59 Å². The number of nitrogens with one attached hydrogen (secondary N) is 1. The van der Waals surface area contributed by atoms with Crippen LogP contribution in [0.1, 0.15) is 47.8 Å². The summed E-state index contributed by atoms with van der Waals surface area (Å²) in [6.45, 7) is 0.656. The number of hydrogen-bond donors (Lipinski definition) is 1. The van der Waals surface area contributed by atoms with Gasteiger partial charge in [0, 0.05) is 51.7 Å². The number of aryl methyl sites for hydroxylation is 1. The lowest BCUT2D eigenvalue weighted by Gasteiger charge is -2.42. The summed E-state index contributed by atoms with van der Waals surface area (Å²) in [5, 5.41) is 7.23. The van der Waals surface area contributed by atoms with E-state index >= 15 is 0 Å². The summed E-state index contributed by atoms with van der Waals surface area (Å²) in [6.07, 6.45) is 4.13. The van der Waals surface area contributed by atoms with Gasteiger partial charge in [0.1, 0.15) is 17.0 Å². The number of nitrogens with zero attached hydrogens (tertiary/aromatic N) is 3. The fourth-order valence-electron chi connectivity index (χ4n) is 4.03. The molecule has 0 aliphatic carbocycles. The van der Waals surface area contributed by atoms with Crippen molar-refractivity contribution in [3.05, 3.63) is 47.8 Å². The second-order valence-electron chi connectivity index (χ2n) is 7.46. The van der Waals surface area contributed by atoms with Crippen LogP contribution in [0.2, 0.25) is 0 Å². The van der Waals surface area contributed by atoms with Gasteiger partial charge < -0.3 is 15.0 Å². The summed E-state index contributed by atoms with van der Waals surface area (Å²) in [5.74, 6) is 0.773. The average molecular weight is 368 g/mol. The molecule has 1 aromatic heterocycles. The zero-order valence-corrected chi connectivity index (χ0v) is 15.6. The van der Waals surface area contributed by atoms with Crippen LogP contribution in [0, 0.1) is 0 Å². The first-order valence-corrected chi connectivity index (χ1v) is 9.28. The fraction of sp³-hybridized carbons (Fsp3) is 0.450. The molecular formula is C20H24N4O3. The van der Waals surface area contributed by atoms with Gasteiger partial charge >= 0.3 is 0 Å². The van der Waals surface area contributed by atoms with Gasteiger partial charge in [-0.15, -0.1) is 0 Å². The Kier molecular flexibility index (Phi) is 4.37. The largest absolute Gasteiger partial charge is 0.487 e. The van der Waals surface area contributed by atoms with Crippen LogP contribution < -0.4 is 10.1 Å². The van der Waals surface area contributed by atoms with Crippen molar-refractivity contribution in [2.24, 2.45) is 7.05 Å². The molecule has 0 saturated carbocycles. The van der Waals surface area contributed by atoms with Crippen LogP contribution in [0.15, 0.2) is 36.5 Å². The molecule has 1 fully saturated rings. The maximum Gasteiger partial charge on any atom is 0.270 e. The van der Waals surface area contributed by atoms with Crippen molar-refractivity contribution < 1.29 is 14.3 Å². The molecule has 1 aromatic carbocycles. The SMILES string of the molecule is CN1CCC2(CCC1=O)CC(NC(=O)c1ccnn1C)c1ccccc1O2. The molecule has 2 aliphatic rings. The molecule has 3 heterocycles. The minimum absolute atomic E-state index is 0.143. The van der Waals surface area contributed by atoms with E-state index in [1.165, 1.54) is 0 Å². The Morgan fingerprint density at radius 1 is 1.26 bits per heavy atom. The molecule has 1 saturated heterocycles. The lowest BCUT2D eigenvalue weighted by molar-refractivity contribution is -0.129. The van der Waals surface area contributed by atoms with E-state index in [2.05, 4.69) is 10.4 Å². The van der Waals surface area contributed by atoms with Crippen LogP contribution in [0.5, 0.6) is 5.75 Å². The normalized spacial score (nSPS) is 24.9. The monoisotopic (exact) mass is 368 g/mol. The van der Waals surface area contributed by atoms with Crippen molar-refractivity contribution >= 4 is 11.8 Å². The summed E-state index contributed by atoms with van der Waals surface area (Å²) < 4.78 is 7.98. The maximum absolute atomic E-state index is 12.8. The first-order valence-electron chi connectivity index (χ1n) is 9.28. The average Bonchev–Trinajstić information content (AvgIpc) is 3.05. The predicted octanol–water partition coefficient (Wildman–Crippen LogP) is 2.05. The predicted molar refractivity (Wildman–Crippen MR) is 99.3 cm³/mol. The van der Waals surface area contributed by atoms with Gasteiger partial charge in [-0.3, -0.25) is 14.3 Å². The first-order chi connectivity index (χ1) is 13.0. The van der Waals surface area contributed by atoms with E-state index in [1.807, 2.05) is 31.3 Å². The number of ether oxygens (including phenoxy) is 1. The highest BCUT2D eigenvalue weighted by Gasteiger charge is 2.43. The molecule has 142 valence electrons. The molecule has 2 amide bonds. The minimum Gasteiger partial charge on any atom is -0.487 e. The molecule has 2 aliphatic heterocycles. The fourth-order valence-corrected chi connectivity index (χ4v) is 4.03. The van der Waals surface area contributed by atoms with Gasteiger partial charge in [-0.1, -0.05) is 18.2 Å². The molecular weight excluding hydrogens is 344 g/mol. The van der Waals surface area contributed by atoms with Gasteiger partial charge in [0.25, 0.3) is 5.91 Å². The Labute approximate surface area is 158 Å². The number of para-hydroxylation sites is 1. The summed E-state index contributed by atoms with van der Waals surface area (Å²) in [5.41, 5.74) is 1.05. The van der Waals surface area contributed by atoms with Gasteiger partial charge in [0.2, 0.25) is 5.91 Å². The Balaban J connectivity index is 1.63. The Hall–Kier alpha value is -2.83. The molecule has 1 N–H and O–H groups in total. The van der Waals surface area contributed by atoms with Crippen molar-refractivity contribution in [3.63, 3.8) is 0 Å². The molecule has 7 nitrogen and oxygen atoms in total. The third-order valence-corrected chi connectivity index (χ3v) is 5.68. The highest BCUT2D eigenvalue weighted by molar-refractivity contribution is 5.92. The molecule has 2 atom stereocenters. The number of fused-ring (bicyclic) bond motifs is 1. The van der Waals surface area contributed by atoms with E-state index in [1.54, 1.807) is 28.9 Å². The van der Waals surface area contributed by atoms with Crippen molar-refractivity contribution in [2.45, 2.75) is 37.3 Å². The zero-order valence-electron chi connectivity index (χ0n) is 15.6. The van der Waals surface area contributed by atoms with Crippen LogP contribution in [-0.2, 0) is 11.8 Å². The first kappa shape index (κ1) is 17.6. The molecule has 0 bridgehead atoms. The maximum atomic E-state index is 12.8. The molecule has 2 unspecified atom stereocenters. The topological polar surface area (TPSA) is 76.5 Å².